The summed E-state index contributed by atoms with van der Waals surface area (Å²) in [6, 6.07) is 10.3. The third-order valence-corrected chi connectivity index (χ3v) is 9.84. The van der Waals surface area contributed by atoms with Crippen molar-refractivity contribution < 1.29 is 42.9 Å². The average Bonchev–Trinajstić information content (AvgIpc) is 3.14. The summed E-state index contributed by atoms with van der Waals surface area (Å²) in [5.74, 6) is 1.69. The number of rotatable bonds is 24. The number of esters is 1. The van der Waals surface area contributed by atoms with E-state index in [0.717, 1.165) is 38.5 Å². The molecule has 0 radical (unpaired) electrons. The van der Waals surface area contributed by atoms with E-state index in [0.29, 0.717) is 66.1 Å². The lowest BCUT2D eigenvalue weighted by molar-refractivity contribution is -0.536. The van der Waals surface area contributed by atoms with E-state index in [2.05, 4.69) is 19.9 Å². The zero-order valence-corrected chi connectivity index (χ0v) is 32.1. The van der Waals surface area contributed by atoms with Crippen molar-refractivity contribution in [2.75, 3.05) is 34.0 Å². The number of benzene rings is 2. The Morgan fingerprint density at radius 2 is 1.62 bits per heavy atom. The second-order valence-corrected chi connectivity index (χ2v) is 13.3. The molecule has 52 heavy (non-hydrogen) atoms. The molecule has 0 saturated carbocycles. The fourth-order valence-corrected chi connectivity index (χ4v) is 7.11. The number of nitriles is 1. The van der Waals surface area contributed by atoms with Crippen LogP contribution in [0.3, 0.4) is 0 Å². The van der Waals surface area contributed by atoms with E-state index in [1.165, 1.54) is 21.1 Å². The van der Waals surface area contributed by atoms with Crippen molar-refractivity contribution in [1.82, 2.24) is 0 Å². The number of carbonyl (C=O) groups is 1. The first-order valence-corrected chi connectivity index (χ1v) is 18.8. The molecule has 1 aliphatic heterocycles. The number of nitro groups is 1. The maximum atomic E-state index is 12.7. The Hall–Kier alpha value is -4.40. The normalized spacial score (nSPS) is 15.9. The van der Waals surface area contributed by atoms with E-state index in [9.17, 15) is 20.2 Å². The van der Waals surface area contributed by atoms with Gasteiger partial charge in [0.25, 0.3) is 6.04 Å². The Kier molecular flexibility index (Phi) is 17.1. The van der Waals surface area contributed by atoms with Gasteiger partial charge >= 0.3 is 5.97 Å². The predicted octanol–water partition coefficient (Wildman–Crippen LogP) is 8.63. The molecule has 0 bridgehead atoms. The van der Waals surface area contributed by atoms with Gasteiger partial charge in [-0.2, -0.15) is 5.26 Å². The monoisotopic (exact) mass is 726 g/mol. The van der Waals surface area contributed by atoms with E-state index in [1.54, 1.807) is 18.2 Å². The van der Waals surface area contributed by atoms with E-state index in [-0.39, 0.29) is 31.8 Å². The van der Waals surface area contributed by atoms with Crippen molar-refractivity contribution >= 4 is 5.97 Å². The summed E-state index contributed by atoms with van der Waals surface area (Å²) in [5.41, 5.74) is -0.684. The Labute approximate surface area is 309 Å². The van der Waals surface area contributed by atoms with Crippen LogP contribution in [0.2, 0.25) is 0 Å². The Bertz CT molecular complexity index is 1470. The molecule has 0 saturated heterocycles. The molecule has 0 N–H and O–H groups in total. The molecule has 4 unspecified atom stereocenters. The van der Waals surface area contributed by atoms with Crippen LogP contribution >= 0.6 is 0 Å². The fraction of sp³-hybridized carbons (Fsp3) is 0.650. The molecule has 2 aromatic rings. The van der Waals surface area contributed by atoms with Crippen molar-refractivity contribution in [3.63, 3.8) is 0 Å². The highest BCUT2D eigenvalue weighted by atomic mass is 16.6. The molecule has 288 valence electrons. The highest BCUT2D eigenvalue weighted by molar-refractivity contribution is 5.67. The predicted molar refractivity (Wildman–Crippen MR) is 197 cm³/mol. The molecule has 12 nitrogen and oxygen atoms in total. The van der Waals surface area contributed by atoms with Gasteiger partial charge in [-0.25, -0.2) is 0 Å². The van der Waals surface area contributed by atoms with Gasteiger partial charge in [0.1, 0.15) is 12.7 Å². The number of nitrogens with zero attached hydrogens (tertiary/aromatic N) is 2. The third kappa shape index (κ3) is 10.6. The van der Waals surface area contributed by atoms with Crippen LogP contribution < -0.4 is 28.4 Å². The van der Waals surface area contributed by atoms with Gasteiger partial charge < -0.3 is 33.2 Å². The zero-order chi connectivity index (χ0) is 38.1. The van der Waals surface area contributed by atoms with Gasteiger partial charge in [0, 0.05) is 17.4 Å². The van der Waals surface area contributed by atoms with Crippen LogP contribution in [0, 0.1) is 27.4 Å². The van der Waals surface area contributed by atoms with Crippen LogP contribution in [0.1, 0.15) is 111 Å². The van der Waals surface area contributed by atoms with Gasteiger partial charge in [-0.05, 0) is 49.8 Å². The van der Waals surface area contributed by atoms with Crippen molar-refractivity contribution in [2.45, 2.75) is 129 Å². The molecular formula is C40H58N2O10. The summed E-state index contributed by atoms with van der Waals surface area (Å²) in [4.78, 5) is 24.8. The van der Waals surface area contributed by atoms with Crippen molar-refractivity contribution in [3.8, 4) is 40.6 Å². The SMILES string of the molecule is CCCCCOc1cc(C(C#N)(CCC(OC(C)=O)C(CC2COc3ccccc3O2)[N+](=O)[O-])C(CC)CC)c(OCCCCC)c(OC)c1OC. The van der Waals surface area contributed by atoms with Crippen molar-refractivity contribution in [3.05, 3.63) is 46.0 Å². The van der Waals surface area contributed by atoms with Crippen LogP contribution in [0.4, 0.5) is 0 Å². The second-order valence-electron chi connectivity index (χ2n) is 13.3. The highest BCUT2D eigenvalue weighted by Gasteiger charge is 2.46. The summed E-state index contributed by atoms with van der Waals surface area (Å²) >= 11 is 0. The minimum absolute atomic E-state index is 0.0236. The molecule has 1 heterocycles. The topological polar surface area (TPSA) is 149 Å². The quantitative estimate of drug-likeness (QED) is 0.0443. The number of fused-ring (bicyclic) bond motifs is 1. The standard InChI is InChI=1S/C40H58N2O10/c1-8-12-16-22-48-36-25-31(37(49-23-17-13-9-2)39(47-7)38(36)46-6)40(27-41,29(10-3)11-4)21-20-33(51-28(5)43)32(42(44)45)24-30-26-50-34-18-14-15-19-35(34)52-30/h14-15,18-19,25,29-30,32-33H,8-13,16-17,20-24,26H2,1-7H3. The molecule has 0 aliphatic carbocycles. The van der Waals surface area contributed by atoms with Gasteiger partial charge in [0.2, 0.25) is 11.5 Å². The molecule has 0 aromatic heterocycles. The Morgan fingerprint density at radius 3 is 2.17 bits per heavy atom. The molecule has 12 heteroatoms. The first kappa shape index (κ1) is 42.0. The maximum Gasteiger partial charge on any atom is 0.303 e. The van der Waals surface area contributed by atoms with E-state index in [4.69, 9.17) is 33.2 Å². The number of carbonyl (C=O) groups excluding carboxylic acids is 1. The molecule has 1 aliphatic rings. The smallest absolute Gasteiger partial charge is 0.303 e. The van der Waals surface area contributed by atoms with Gasteiger partial charge in [-0.1, -0.05) is 78.4 Å². The molecule has 0 fully saturated rings. The molecule has 0 spiro atoms. The summed E-state index contributed by atoms with van der Waals surface area (Å²) in [5, 5.41) is 24.0. The maximum absolute atomic E-state index is 12.7. The Morgan fingerprint density at radius 1 is 0.981 bits per heavy atom. The van der Waals surface area contributed by atoms with Crippen LogP contribution in [0.15, 0.2) is 30.3 Å². The largest absolute Gasteiger partial charge is 0.490 e. The number of hydrogen-bond donors (Lipinski definition) is 0. The van der Waals surface area contributed by atoms with Crippen LogP contribution in [-0.2, 0) is 14.9 Å². The minimum atomic E-state index is -1.33. The lowest BCUT2D eigenvalue weighted by Gasteiger charge is -2.38. The molecule has 3 rings (SSSR count). The Balaban J connectivity index is 2.14. The van der Waals surface area contributed by atoms with Crippen molar-refractivity contribution in [2.24, 2.45) is 5.92 Å². The van der Waals surface area contributed by atoms with Gasteiger partial charge in [0.05, 0.1) is 45.3 Å². The fourth-order valence-electron chi connectivity index (χ4n) is 7.11. The molecule has 2 aromatic carbocycles. The van der Waals surface area contributed by atoms with Gasteiger partial charge in [-0.3, -0.25) is 14.9 Å². The summed E-state index contributed by atoms with van der Waals surface area (Å²) in [6.45, 7) is 10.4. The average molecular weight is 727 g/mol. The number of para-hydroxylation sites is 2. The lowest BCUT2D eigenvalue weighted by atomic mass is 9.65. The van der Waals surface area contributed by atoms with E-state index >= 15 is 0 Å². The zero-order valence-electron chi connectivity index (χ0n) is 32.1. The lowest BCUT2D eigenvalue weighted by Crippen LogP contribution is -2.44. The third-order valence-electron chi connectivity index (χ3n) is 9.84. The molecule has 4 atom stereocenters. The first-order valence-electron chi connectivity index (χ1n) is 18.8. The number of methoxy groups -OCH3 is 2. The van der Waals surface area contributed by atoms with Crippen molar-refractivity contribution in [1.29, 1.82) is 5.26 Å². The summed E-state index contributed by atoms with van der Waals surface area (Å²) < 4.78 is 42.2. The van der Waals surface area contributed by atoms with Crippen LogP contribution in [0.25, 0.3) is 0 Å². The second kappa shape index (κ2) is 21.2. The summed E-state index contributed by atoms with van der Waals surface area (Å²) in [7, 11) is 3.07. The number of ether oxygens (including phenoxy) is 7. The van der Waals surface area contributed by atoms with Crippen LogP contribution in [0.5, 0.6) is 34.5 Å². The summed E-state index contributed by atoms with van der Waals surface area (Å²) in [6.07, 6.45) is 5.11. The highest BCUT2D eigenvalue weighted by Crippen LogP contribution is 2.54. The first-order chi connectivity index (χ1) is 25.1. The van der Waals surface area contributed by atoms with E-state index in [1.807, 2.05) is 26.0 Å². The molecular weight excluding hydrogens is 668 g/mol. The van der Waals surface area contributed by atoms with Gasteiger partial charge in [0.15, 0.2) is 29.1 Å². The molecule has 0 amide bonds. The van der Waals surface area contributed by atoms with Gasteiger partial charge in [-0.15, -0.1) is 0 Å². The number of hydrogen-bond acceptors (Lipinski definition) is 11. The minimum Gasteiger partial charge on any atom is -0.490 e. The van der Waals surface area contributed by atoms with E-state index < -0.39 is 34.6 Å². The number of unbranched alkanes of at least 4 members (excludes halogenated alkanes) is 4. The van der Waals surface area contributed by atoms with Crippen LogP contribution in [-0.4, -0.2) is 63.2 Å².